The van der Waals surface area contributed by atoms with Crippen molar-refractivity contribution in [3.05, 3.63) is 57.4 Å². The summed E-state index contributed by atoms with van der Waals surface area (Å²) < 4.78 is 48.8. The van der Waals surface area contributed by atoms with Gasteiger partial charge in [0.25, 0.3) is 0 Å². The first-order valence-corrected chi connectivity index (χ1v) is 11.3. The van der Waals surface area contributed by atoms with Crippen LogP contribution in [0.3, 0.4) is 0 Å². The average Bonchev–Trinajstić information content (AvgIpc) is 3.51. The first-order valence-electron chi connectivity index (χ1n) is 10.4. The van der Waals surface area contributed by atoms with Gasteiger partial charge in [-0.15, -0.1) is 11.3 Å². The maximum Gasteiger partial charge on any atom is 0.422 e. The quantitative estimate of drug-likeness (QED) is 0.588. The van der Waals surface area contributed by atoms with E-state index in [1.165, 1.54) is 18.3 Å². The molecule has 7 nitrogen and oxygen atoms in total. The Labute approximate surface area is 196 Å². The lowest BCUT2D eigenvalue weighted by molar-refractivity contribution is -0.183. The number of ether oxygens (including phenoxy) is 2. The lowest BCUT2D eigenvalue weighted by Crippen LogP contribution is -2.36. The van der Waals surface area contributed by atoms with Gasteiger partial charge in [-0.05, 0) is 48.1 Å². The smallest absolute Gasteiger partial charge is 0.422 e. The topological polar surface area (TPSA) is 114 Å². The third-order valence-corrected chi connectivity index (χ3v) is 6.66. The van der Waals surface area contributed by atoms with Crippen LogP contribution < -0.4 is 11.1 Å². The number of hydrogen-bond donors (Lipinski definition) is 2. The van der Waals surface area contributed by atoms with Crippen molar-refractivity contribution in [3.63, 3.8) is 0 Å². The number of dihydropyridines is 1. The number of thiophene rings is 1. The van der Waals surface area contributed by atoms with Gasteiger partial charge in [-0.3, -0.25) is 0 Å². The Morgan fingerprint density at radius 1 is 1.24 bits per heavy atom. The van der Waals surface area contributed by atoms with Crippen molar-refractivity contribution >= 4 is 33.4 Å². The van der Waals surface area contributed by atoms with Gasteiger partial charge in [-0.1, -0.05) is 12.1 Å². The molecule has 1 aromatic carbocycles. The highest BCUT2D eigenvalue weighted by Gasteiger charge is 2.41. The summed E-state index contributed by atoms with van der Waals surface area (Å²) in [5, 5.41) is 14.4. The molecule has 0 radical (unpaired) electrons. The van der Waals surface area contributed by atoms with Gasteiger partial charge < -0.3 is 20.5 Å². The zero-order valence-corrected chi connectivity index (χ0v) is 18.8. The number of rotatable bonds is 6. The lowest BCUT2D eigenvalue weighted by atomic mass is 9.81. The standard InChI is InChI=1S/C23H20F3N3O4S/c1-11-16(21(30)33-10-23(24,25)26)17(15-9-34-19-13(7-27)3-2-4-14(15)19)18(20(28)29-11)22(31)32-8-12-5-6-12/h2-4,9,12,17,29H,5-6,8,10,28H2,1H3. The van der Waals surface area contributed by atoms with Crippen molar-refractivity contribution in [2.75, 3.05) is 13.2 Å². The maximum absolute atomic E-state index is 13.1. The molecule has 1 aliphatic carbocycles. The molecular weight excluding hydrogens is 471 g/mol. The summed E-state index contributed by atoms with van der Waals surface area (Å²) in [5.41, 5.74) is 6.86. The molecule has 2 heterocycles. The van der Waals surface area contributed by atoms with Crippen molar-refractivity contribution in [2.45, 2.75) is 31.9 Å². The fourth-order valence-electron chi connectivity index (χ4n) is 3.83. The Kier molecular flexibility index (Phi) is 6.27. The second-order valence-electron chi connectivity index (χ2n) is 8.14. The Morgan fingerprint density at radius 2 is 1.94 bits per heavy atom. The van der Waals surface area contributed by atoms with E-state index in [0.29, 0.717) is 21.2 Å². The number of alkyl halides is 3. The average molecular weight is 491 g/mol. The molecule has 1 fully saturated rings. The summed E-state index contributed by atoms with van der Waals surface area (Å²) >= 11 is 1.22. The third kappa shape index (κ3) is 4.72. The molecule has 1 aromatic heterocycles. The second kappa shape index (κ2) is 9.02. The largest absolute Gasteiger partial charge is 0.462 e. The summed E-state index contributed by atoms with van der Waals surface area (Å²) in [6.45, 7) is -0.133. The van der Waals surface area contributed by atoms with Crippen molar-refractivity contribution in [1.82, 2.24) is 5.32 Å². The molecule has 0 bridgehead atoms. The van der Waals surface area contributed by atoms with Crippen LogP contribution in [0.4, 0.5) is 13.2 Å². The van der Waals surface area contributed by atoms with Crippen LogP contribution in [0.25, 0.3) is 10.1 Å². The maximum atomic E-state index is 13.1. The van der Waals surface area contributed by atoms with Crippen LogP contribution in [-0.2, 0) is 19.1 Å². The summed E-state index contributed by atoms with van der Waals surface area (Å²) in [4.78, 5) is 26.0. The van der Waals surface area contributed by atoms with E-state index in [0.717, 1.165) is 12.8 Å². The van der Waals surface area contributed by atoms with E-state index < -0.39 is 30.6 Å². The van der Waals surface area contributed by atoms with E-state index in [1.807, 2.05) is 0 Å². The van der Waals surface area contributed by atoms with Gasteiger partial charge in [0, 0.05) is 5.70 Å². The third-order valence-electron chi connectivity index (χ3n) is 5.61. The molecule has 1 unspecified atom stereocenters. The van der Waals surface area contributed by atoms with Crippen molar-refractivity contribution in [2.24, 2.45) is 11.7 Å². The van der Waals surface area contributed by atoms with Crippen molar-refractivity contribution in [3.8, 4) is 6.07 Å². The highest BCUT2D eigenvalue weighted by atomic mass is 32.1. The van der Waals surface area contributed by atoms with Gasteiger partial charge in [0.15, 0.2) is 6.61 Å². The second-order valence-corrected chi connectivity index (χ2v) is 9.02. The number of carbonyl (C=O) groups excluding carboxylic acids is 2. The number of allylic oxidation sites excluding steroid dienone is 1. The number of esters is 2. The Balaban J connectivity index is 1.82. The number of nitrogens with two attached hydrogens (primary N) is 1. The van der Waals surface area contributed by atoms with Crippen LogP contribution in [0.1, 0.15) is 36.8 Å². The van der Waals surface area contributed by atoms with Crippen LogP contribution in [0.15, 0.2) is 46.2 Å². The fraction of sp³-hybridized carbons (Fsp3) is 0.348. The van der Waals surface area contributed by atoms with Crippen LogP contribution in [0.2, 0.25) is 0 Å². The normalized spacial score (nSPS) is 18.5. The lowest BCUT2D eigenvalue weighted by Gasteiger charge is -2.30. The summed E-state index contributed by atoms with van der Waals surface area (Å²) in [6.07, 6.45) is -2.85. The predicted molar refractivity (Wildman–Crippen MR) is 117 cm³/mol. The molecule has 34 heavy (non-hydrogen) atoms. The monoisotopic (exact) mass is 491 g/mol. The molecule has 0 saturated heterocycles. The number of halogens is 3. The molecule has 3 N–H and O–H groups in total. The van der Waals surface area contributed by atoms with E-state index >= 15 is 0 Å². The summed E-state index contributed by atoms with van der Waals surface area (Å²) in [6, 6.07) is 7.07. The zero-order chi connectivity index (χ0) is 24.6. The number of hydrogen-bond acceptors (Lipinski definition) is 8. The molecule has 4 rings (SSSR count). The van der Waals surface area contributed by atoms with E-state index in [4.69, 9.17) is 10.5 Å². The molecule has 1 saturated carbocycles. The van der Waals surface area contributed by atoms with Crippen LogP contribution >= 0.6 is 11.3 Å². The summed E-state index contributed by atoms with van der Waals surface area (Å²) in [5.74, 6) is -2.95. The molecule has 0 amide bonds. The van der Waals surface area contributed by atoms with Gasteiger partial charge in [-0.25, -0.2) is 9.59 Å². The first-order chi connectivity index (χ1) is 16.1. The molecule has 2 aliphatic rings. The summed E-state index contributed by atoms with van der Waals surface area (Å²) in [7, 11) is 0. The van der Waals surface area contributed by atoms with Crippen LogP contribution in [0, 0.1) is 17.2 Å². The molecule has 2 aromatic rings. The number of nitrogens with zero attached hydrogens (tertiary/aromatic N) is 1. The van der Waals surface area contributed by atoms with Gasteiger partial charge in [-0.2, -0.15) is 18.4 Å². The number of nitrogens with one attached hydrogen (secondary N) is 1. The predicted octanol–water partition coefficient (Wildman–Crippen LogP) is 3.96. The van der Waals surface area contributed by atoms with Crippen molar-refractivity contribution in [1.29, 1.82) is 5.26 Å². The first kappa shape index (κ1) is 23.6. The minimum atomic E-state index is -4.72. The Morgan fingerprint density at radius 3 is 2.59 bits per heavy atom. The highest BCUT2D eigenvalue weighted by molar-refractivity contribution is 7.17. The molecule has 1 aliphatic heterocycles. The van der Waals surface area contributed by atoms with Gasteiger partial charge in [0.2, 0.25) is 0 Å². The number of nitriles is 1. The van der Waals surface area contributed by atoms with E-state index in [-0.39, 0.29) is 35.2 Å². The number of fused-ring (bicyclic) bond motifs is 1. The highest BCUT2D eigenvalue weighted by Crippen LogP contribution is 2.44. The van der Waals surface area contributed by atoms with Crippen molar-refractivity contribution < 1.29 is 32.2 Å². The Hall–Kier alpha value is -3.52. The van der Waals surface area contributed by atoms with Gasteiger partial charge in [0.05, 0.1) is 33.9 Å². The molecule has 0 spiro atoms. The van der Waals surface area contributed by atoms with Crippen LogP contribution in [0.5, 0.6) is 0 Å². The van der Waals surface area contributed by atoms with E-state index in [2.05, 4.69) is 16.1 Å². The van der Waals surface area contributed by atoms with Gasteiger partial charge >= 0.3 is 18.1 Å². The number of carbonyl (C=O) groups is 2. The molecular formula is C23H20F3N3O4S. The molecule has 11 heteroatoms. The molecule has 1 atom stereocenters. The minimum absolute atomic E-state index is 0.0635. The zero-order valence-electron chi connectivity index (χ0n) is 18.0. The van der Waals surface area contributed by atoms with E-state index in [1.54, 1.807) is 23.6 Å². The van der Waals surface area contributed by atoms with Crippen LogP contribution in [-0.4, -0.2) is 31.3 Å². The minimum Gasteiger partial charge on any atom is -0.462 e. The van der Waals surface area contributed by atoms with E-state index in [9.17, 15) is 28.0 Å². The SMILES string of the molecule is CC1=C(C(=O)OCC(F)(F)F)C(c2csc3c(C#N)cccc23)C(C(=O)OCC2CC2)=C(N)N1. The number of benzene rings is 1. The van der Waals surface area contributed by atoms with Gasteiger partial charge in [0.1, 0.15) is 11.9 Å². The Bertz CT molecular complexity index is 1270. The fourth-order valence-corrected chi connectivity index (χ4v) is 4.89. The molecule has 178 valence electrons.